The van der Waals surface area contributed by atoms with E-state index in [4.69, 9.17) is 27.9 Å². The van der Waals surface area contributed by atoms with Crippen LogP contribution in [-0.2, 0) is 0 Å². The van der Waals surface area contributed by atoms with E-state index < -0.39 is 0 Å². The Labute approximate surface area is 131 Å². The average molecular weight is 316 g/mol. The topological polar surface area (TPSA) is 21.3 Å². The molecule has 1 aliphatic carbocycles. The fourth-order valence-corrected chi connectivity index (χ4v) is 2.72. The van der Waals surface area contributed by atoms with Gasteiger partial charge < -0.3 is 10.1 Å². The van der Waals surface area contributed by atoms with E-state index in [1.165, 1.54) is 6.42 Å². The average Bonchev–Trinajstić information content (AvgIpc) is 2.29. The zero-order valence-electron chi connectivity index (χ0n) is 12.4. The maximum absolute atomic E-state index is 6.21. The van der Waals surface area contributed by atoms with Crippen molar-refractivity contribution in [3.8, 4) is 5.75 Å². The molecule has 0 atom stereocenters. The van der Waals surface area contributed by atoms with Crippen LogP contribution in [0.5, 0.6) is 5.75 Å². The maximum Gasteiger partial charge on any atom is 0.121 e. The van der Waals surface area contributed by atoms with E-state index in [9.17, 15) is 0 Å². The minimum Gasteiger partial charge on any atom is -0.487 e. The van der Waals surface area contributed by atoms with Gasteiger partial charge >= 0.3 is 0 Å². The Bertz CT molecular complexity index is 464. The van der Waals surface area contributed by atoms with Crippen molar-refractivity contribution in [2.75, 3.05) is 6.54 Å². The fourth-order valence-electron chi connectivity index (χ4n) is 2.43. The van der Waals surface area contributed by atoms with Crippen molar-refractivity contribution in [1.82, 2.24) is 5.32 Å². The Balaban J connectivity index is 1.95. The van der Waals surface area contributed by atoms with Gasteiger partial charge in [-0.05, 0) is 65.1 Å². The fraction of sp³-hybridized carbons (Fsp3) is 0.625. The summed E-state index contributed by atoms with van der Waals surface area (Å²) in [5.41, 5.74) is 0.115. The molecule has 0 aliphatic heterocycles. The van der Waals surface area contributed by atoms with E-state index in [1.54, 1.807) is 12.1 Å². The second-order valence-electron chi connectivity index (χ2n) is 6.64. The third-order valence-electron chi connectivity index (χ3n) is 3.73. The summed E-state index contributed by atoms with van der Waals surface area (Å²) in [6.07, 6.45) is 4.47. The lowest BCUT2D eigenvalue weighted by Gasteiger charge is -2.42. The summed E-state index contributed by atoms with van der Waals surface area (Å²) >= 11 is 12.0. The van der Waals surface area contributed by atoms with Crippen LogP contribution in [0.2, 0.25) is 10.0 Å². The molecule has 0 radical (unpaired) electrons. The molecule has 2 rings (SSSR count). The summed E-state index contributed by atoms with van der Waals surface area (Å²) in [4.78, 5) is 0. The molecule has 0 bridgehead atoms. The number of ether oxygens (including phenoxy) is 1. The molecular formula is C16H23Cl2NO. The first-order valence-electron chi connectivity index (χ1n) is 7.19. The van der Waals surface area contributed by atoms with Crippen LogP contribution in [-0.4, -0.2) is 17.7 Å². The van der Waals surface area contributed by atoms with Gasteiger partial charge in [-0.2, -0.15) is 0 Å². The van der Waals surface area contributed by atoms with Gasteiger partial charge in [0, 0.05) is 11.6 Å². The zero-order chi connectivity index (χ0) is 14.8. The number of benzene rings is 1. The smallest absolute Gasteiger partial charge is 0.121 e. The molecule has 0 spiro atoms. The molecular weight excluding hydrogens is 293 g/mol. The number of hydrogen-bond donors (Lipinski definition) is 1. The second kappa shape index (κ2) is 6.13. The molecule has 0 heterocycles. The SMILES string of the molecule is CC(C)(C)NCCC1(Oc2ccc(Cl)c(Cl)c2)CCC1. The van der Waals surface area contributed by atoms with Crippen LogP contribution in [0.25, 0.3) is 0 Å². The van der Waals surface area contributed by atoms with E-state index >= 15 is 0 Å². The molecule has 112 valence electrons. The lowest BCUT2D eigenvalue weighted by atomic mass is 9.77. The standard InChI is InChI=1S/C16H23Cl2NO/c1-15(2,3)19-10-9-16(7-4-8-16)20-12-5-6-13(17)14(18)11-12/h5-6,11,19H,4,7-10H2,1-3H3. The minimum atomic E-state index is -0.0323. The van der Waals surface area contributed by atoms with E-state index in [0.717, 1.165) is 31.6 Å². The lowest BCUT2D eigenvalue weighted by molar-refractivity contribution is -0.0152. The van der Waals surface area contributed by atoms with Gasteiger partial charge in [-0.25, -0.2) is 0 Å². The molecule has 1 N–H and O–H groups in total. The molecule has 0 saturated heterocycles. The summed E-state index contributed by atoms with van der Waals surface area (Å²) in [5.74, 6) is 0.815. The van der Waals surface area contributed by atoms with Crippen LogP contribution in [0.1, 0.15) is 46.5 Å². The number of rotatable bonds is 5. The molecule has 1 saturated carbocycles. The van der Waals surface area contributed by atoms with Gasteiger partial charge in [0.1, 0.15) is 11.4 Å². The quantitative estimate of drug-likeness (QED) is 0.818. The monoisotopic (exact) mass is 315 g/mol. The lowest BCUT2D eigenvalue weighted by Crippen LogP contribution is -2.47. The Morgan fingerprint density at radius 2 is 1.90 bits per heavy atom. The van der Waals surface area contributed by atoms with Crippen LogP contribution < -0.4 is 10.1 Å². The molecule has 1 aromatic rings. The highest BCUT2D eigenvalue weighted by atomic mass is 35.5. The van der Waals surface area contributed by atoms with E-state index in [0.29, 0.717) is 10.0 Å². The largest absolute Gasteiger partial charge is 0.487 e. The Morgan fingerprint density at radius 1 is 1.20 bits per heavy atom. The molecule has 0 aromatic heterocycles. The molecule has 1 aliphatic rings. The summed E-state index contributed by atoms with van der Waals surface area (Å²) in [7, 11) is 0. The Morgan fingerprint density at radius 3 is 2.40 bits per heavy atom. The van der Waals surface area contributed by atoms with Gasteiger partial charge in [0.25, 0.3) is 0 Å². The van der Waals surface area contributed by atoms with Crippen molar-refractivity contribution in [1.29, 1.82) is 0 Å². The van der Waals surface area contributed by atoms with Crippen molar-refractivity contribution in [3.05, 3.63) is 28.2 Å². The summed E-state index contributed by atoms with van der Waals surface area (Å²) < 4.78 is 6.21. The normalized spacial score (nSPS) is 17.6. The molecule has 0 unspecified atom stereocenters. The predicted octanol–water partition coefficient (Wildman–Crippen LogP) is 5.07. The van der Waals surface area contributed by atoms with E-state index in [1.807, 2.05) is 6.07 Å². The molecule has 0 amide bonds. The van der Waals surface area contributed by atoms with E-state index in [-0.39, 0.29) is 11.1 Å². The second-order valence-corrected chi connectivity index (χ2v) is 7.46. The molecule has 4 heteroatoms. The van der Waals surface area contributed by atoms with Crippen LogP contribution in [0.4, 0.5) is 0 Å². The van der Waals surface area contributed by atoms with Crippen molar-refractivity contribution >= 4 is 23.2 Å². The van der Waals surface area contributed by atoms with Gasteiger partial charge in [0.15, 0.2) is 0 Å². The van der Waals surface area contributed by atoms with Gasteiger partial charge in [-0.15, -0.1) is 0 Å². The summed E-state index contributed by atoms with van der Waals surface area (Å²) in [6.45, 7) is 7.51. The first-order chi connectivity index (χ1) is 9.30. The van der Waals surface area contributed by atoms with Gasteiger partial charge in [-0.3, -0.25) is 0 Å². The van der Waals surface area contributed by atoms with Gasteiger partial charge in [0.2, 0.25) is 0 Å². The zero-order valence-corrected chi connectivity index (χ0v) is 13.9. The first kappa shape index (κ1) is 15.9. The van der Waals surface area contributed by atoms with E-state index in [2.05, 4.69) is 26.1 Å². The van der Waals surface area contributed by atoms with Crippen LogP contribution in [0, 0.1) is 0 Å². The minimum absolute atomic E-state index is 0.0323. The summed E-state index contributed by atoms with van der Waals surface area (Å²) in [6, 6.07) is 5.49. The third kappa shape index (κ3) is 4.28. The Hall–Kier alpha value is -0.440. The highest BCUT2D eigenvalue weighted by Gasteiger charge is 2.39. The van der Waals surface area contributed by atoms with Crippen LogP contribution >= 0.6 is 23.2 Å². The van der Waals surface area contributed by atoms with Gasteiger partial charge in [-0.1, -0.05) is 23.2 Å². The van der Waals surface area contributed by atoms with Crippen molar-refractivity contribution in [3.63, 3.8) is 0 Å². The highest BCUT2D eigenvalue weighted by Crippen LogP contribution is 2.40. The number of halogens is 2. The van der Waals surface area contributed by atoms with Crippen LogP contribution in [0.15, 0.2) is 18.2 Å². The van der Waals surface area contributed by atoms with Crippen LogP contribution in [0.3, 0.4) is 0 Å². The predicted molar refractivity (Wildman–Crippen MR) is 86.0 cm³/mol. The van der Waals surface area contributed by atoms with Gasteiger partial charge in [0.05, 0.1) is 10.0 Å². The van der Waals surface area contributed by atoms with Crippen molar-refractivity contribution < 1.29 is 4.74 Å². The molecule has 1 aromatic carbocycles. The number of hydrogen-bond acceptors (Lipinski definition) is 2. The molecule has 1 fully saturated rings. The maximum atomic E-state index is 6.21. The Kier molecular flexibility index (Phi) is 4.88. The first-order valence-corrected chi connectivity index (χ1v) is 7.94. The molecule has 20 heavy (non-hydrogen) atoms. The highest BCUT2D eigenvalue weighted by molar-refractivity contribution is 6.42. The molecule has 2 nitrogen and oxygen atoms in total. The van der Waals surface area contributed by atoms with Crippen molar-refractivity contribution in [2.45, 2.75) is 57.6 Å². The van der Waals surface area contributed by atoms with Crippen molar-refractivity contribution in [2.24, 2.45) is 0 Å². The summed E-state index contributed by atoms with van der Waals surface area (Å²) in [5, 5.41) is 4.64. The number of nitrogens with one attached hydrogen (secondary N) is 1. The third-order valence-corrected chi connectivity index (χ3v) is 4.47.